The van der Waals surface area contributed by atoms with Crippen LogP contribution in [0.25, 0.3) is 0 Å². The summed E-state index contributed by atoms with van der Waals surface area (Å²) in [6.07, 6.45) is -3.73. The van der Waals surface area contributed by atoms with Gasteiger partial charge in [0.25, 0.3) is 5.91 Å². The van der Waals surface area contributed by atoms with Crippen LogP contribution in [0, 0.1) is 0 Å². The fraction of sp³-hybridized carbons (Fsp3) is 0.455. The molecule has 4 nitrogen and oxygen atoms in total. The molecule has 0 radical (unpaired) electrons. The van der Waals surface area contributed by atoms with Gasteiger partial charge >= 0.3 is 6.18 Å². The van der Waals surface area contributed by atoms with Gasteiger partial charge in [0.15, 0.2) is 12.4 Å². The topological polar surface area (TPSA) is 51.2 Å². The third-order valence-corrected chi connectivity index (χ3v) is 2.60. The van der Waals surface area contributed by atoms with E-state index < -0.39 is 11.9 Å². The number of hydrogen-bond donors (Lipinski definition) is 1. The molecule has 0 aromatic carbocycles. The molecule has 1 N–H and O–H groups in total. The molecule has 1 aromatic heterocycles. The first kappa shape index (κ1) is 15.7. The van der Waals surface area contributed by atoms with E-state index in [-0.39, 0.29) is 22.9 Å². The number of carbonyl (C=O) groups is 1. The maximum Gasteiger partial charge on any atom is 0.433 e. The minimum Gasteiger partial charge on any atom is -0.481 e. The zero-order valence-corrected chi connectivity index (χ0v) is 11.6. The van der Waals surface area contributed by atoms with Gasteiger partial charge in [0.05, 0.1) is 0 Å². The highest BCUT2D eigenvalue weighted by Crippen LogP contribution is 2.31. The predicted octanol–water partition coefficient (Wildman–Crippen LogP) is 2.77. The third kappa shape index (κ3) is 5.06. The average Bonchev–Trinajstić information content (AvgIpc) is 2.33. The summed E-state index contributed by atoms with van der Waals surface area (Å²) in [6, 6.07) is 1.91. The Bertz CT molecular complexity index is 452. The van der Waals surface area contributed by atoms with Gasteiger partial charge in [0.2, 0.25) is 0 Å². The maximum atomic E-state index is 12.4. The van der Waals surface area contributed by atoms with Crippen molar-refractivity contribution in [2.45, 2.75) is 19.5 Å². The first-order chi connectivity index (χ1) is 8.84. The number of carbonyl (C=O) groups excluding carboxylic acids is 1. The Morgan fingerprint density at radius 1 is 1.47 bits per heavy atom. The molecule has 1 rings (SSSR count). The summed E-state index contributed by atoms with van der Waals surface area (Å²) < 4.78 is 42.1. The minimum absolute atomic E-state index is 0.0830. The Kier molecular flexibility index (Phi) is 5.59. The molecule has 1 aromatic rings. The van der Waals surface area contributed by atoms with Gasteiger partial charge in [0.1, 0.15) is 10.3 Å². The standard InChI is InChI=1S/C11H12BrF3N2O2/c1-2-5-16-9(18)6-19-7-3-4-8(11(13,14)15)17-10(7)12/h3-4H,2,5-6H2,1H3,(H,16,18). The molecule has 0 bridgehead atoms. The number of halogens is 4. The van der Waals surface area contributed by atoms with Crippen LogP contribution in [-0.4, -0.2) is 24.0 Å². The molecule has 106 valence electrons. The molecule has 0 aliphatic carbocycles. The molecule has 0 saturated carbocycles. The van der Waals surface area contributed by atoms with E-state index in [1.165, 1.54) is 0 Å². The average molecular weight is 341 g/mol. The number of nitrogens with one attached hydrogen (secondary N) is 1. The summed E-state index contributed by atoms with van der Waals surface area (Å²) in [5.74, 6) is -0.256. The van der Waals surface area contributed by atoms with Crippen LogP contribution in [0.1, 0.15) is 19.0 Å². The molecular formula is C11H12BrF3N2O2. The highest BCUT2D eigenvalue weighted by molar-refractivity contribution is 9.10. The number of hydrogen-bond acceptors (Lipinski definition) is 3. The highest BCUT2D eigenvalue weighted by Gasteiger charge is 2.33. The largest absolute Gasteiger partial charge is 0.481 e. The van der Waals surface area contributed by atoms with Gasteiger partial charge < -0.3 is 10.1 Å². The molecule has 0 aliphatic rings. The van der Waals surface area contributed by atoms with Gasteiger partial charge in [-0.05, 0) is 34.5 Å². The summed E-state index contributed by atoms with van der Waals surface area (Å²) >= 11 is 2.87. The molecule has 0 spiro atoms. The lowest BCUT2D eigenvalue weighted by molar-refractivity contribution is -0.141. The Labute approximate surface area is 116 Å². The second kappa shape index (κ2) is 6.74. The van der Waals surface area contributed by atoms with Crippen molar-refractivity contribution in [3.63, 3.8) is 0 Å². The zero-order chi connectivity index (χ0) is 14.5. The van der Waals surface area contributed by atoms with E-state index in [1.54, 1.807) is 0 Å². The molecule has 0 fully saturated rings. The van der Waals surface area contributed by atoms with Gasteiger partial charge in [0, 0.05) is 6.54 Å². The molecule has 0 aliphatic heterocycles. The minimum atomic E-state index is -4.51. The Morgan fingerprint density at radius 3 is 2.68 bits per heavy atom. The van der Waals surface area contributed by atoms with E-state index in [0.717, 1.165) is 18.6 Å². The lowest BCUT2D eigenvalue weighted by atomic mass is 10.3. The Balaban J connectivity index is 2.63. The van der Waals surface area contributed by atoms with Crippen LogP contribution in [0.3, 0.4) is 0 Å². The van der Waals surface area contributed by atoms with Crippen LogP contribution in [0.4, 0.5) is 13.2 Å². The smallest absolute Gasteiger partial charge is 0.433 e. The van der Waals surface area contributed by atoms with Crippen molar-refractivity contribution in [3.8, 4) is 5.75 Å². The maximum absolute atomic E-state index is 12.4. The van der Waals surface area contributed by atoms with Crippen LogP contribution in [-0.2, 0) is 11.0 Å². The van der Waals surface area contributed by atoms with Crippen molar-refractivity contribution < 1.29 is 22.7 Å². The van der Waals surface area contributed by atoms with Crippen molar-refractivity contribution in [1.82, 2.24) is 10.3 Å². The van der Waals surface area contributed by atoms with Gasteiger partial charge in [-0.1, -0.05) is 6.92 Å². The molecule has 0 saturated heterocycles. The van der Waals surface area contributed by atoms with Crippen LogP contribution in [0.2, 0.25) is 0 Å². The van der Waals surface area contributed by atoms with Crippen LogP contribution in [0.15, 0.2) is 16.7 Å². The van der Waals surface area contributed by atoms with E-state index in [2.05, 4.69) is 26.2 Å². The summed E-state index contributed by atoms with van der Waals surface area (Å²) in [5.41, 5.74) is -1.03. The van der Waals surface area contributed by atoms with Gasteiger partial charge in [-0.2, -0.15) is 13.2 Å². The van der Waals surface area contributed by atoms with Gasteiger partial charge in [-0.25, -0.2) is 4.98 Å². The fourth-order valence-electron chi connectivity index (χ4n) is 1.15. The number of rotatable bonds is 5. The number of nitrogens with zero attached hydrogens (tertiary/aromatic N) is 1. The summed E-state index contributed by atoms with van der Waals surface area (Å²) in [6.45, 7) is 2.15. The first-order valence-electron chi connectivity index (χ1n) is 5.47. The second-order valence-electron chi connectivity index (χ2n) is 3.62. The van der Waals surface area contributed by atoms with Crippen molar-refractivity contribution in [2.24, 2.45) is 0 Å². The number of alkyl halides is 3. The summed E-state index contributed by atoms with van der Waals surface area (Å²) in [4.78, 5) is 14.6. The van der Waals surface area contributed by atoms with Gasteiger partial charge in [-0.15, -0.1) is 0 Å². The van der Waals surface area contributed by atoms with Crippen molar-refractivity contribution >= 4 is 21.8 Å². The molecule has 19 heavy (non-hydrogen) atoms. The fourth-order valence-corrected chi connectivity index (χ4v) is 1.58. The monoisotopic (exact) mass is 340 g/mol. The van der Waals surface area contributed by atoms with E-state index in [9.17, 15) is 18.0 Å². The van der Waals surface area contributed by atoms with E-state index >= 15 is 0 Å². The van der Waals surface area contributed by atoms with E-state index in [0.29, 0.717) is 6.54 Å². The molecule has 0 atom stereocenters. The molecular weight excluding hydrogens is 329 g/mol. The van der Waals surface area contributed by atoms with E-state index in [1.807, 2.05) is 6.92 Å². The highest BCUT2D eigenvalue weighted by atomic mass is 79.9. The Hall–Kier alpha value is -1.31. The van der Waals surface area contributed by atoms with Crippen molar-refractivity contribution in [1.29, 1.82) is 0 Å². The molecule has 8 heteroatoms. The first-order valence-corrected chi connectivity index (χ1v) is 6.27. The number of amides is 1. The number of aromatic nitrogens is 1. The number of pyridine rings is 1. The van der Waals surface area contributed by atoms with Crippen LogP contribution in [0.5, 0.6) is 5.75 Å². The molecule has 1 amide bonds. The zero-order valence-electron chi connectivity index (χ0n) is 10.1. The lowest BCUT2D eigenvalue weighted by Gasteiger charge is -2.10. The van der Waals surface area contributed by atoms with Crippen molar-refractivity contribution in [3.05, 3.63) is 22.4 Å². The van der Waals surface area contributed by atoms with Gasteiger partial charge in [-0.3, -0.25) is 4.79 Å². The number of ether oxygens (including phenoxy) is 1. The van der Waals surface area contributed by atoms with E-state index in [4.69, 9.17) is 4.74 Å². The van der Waals surface area contributed by atoms with Crippen LogP contribution < -0.4 is 10.1 Å². The summed E-state index contributed by atoms with van der Waals surface area (Å²) in [5, 5.41) is 2.58. The third-order valence-electron chi connectivity index (χ3n) is 2.04. The molecule has 0 unspecified atom stereocenters. The predicted molar refractivity (Wildman–Crippen MR) is 65.7 cm³/mol. The summed E-state index contributed by atoms with van der Waals surface area (Å²) in [7, 11) is 0. The van der Waals surface area contributed by atoms with Crippen LogP contribution >= 0.6 is 15.9 Å². The lowest BCUT2D eigenvalue weighted by Crippen LogP contribution is -2.29. The SMILES string of the molecule is CCCNC(=O)COc1ccc(C(F)(F)F)nc1Br. The Morgan fingerprint density at radius 2 is 2.16 bits per heavy atom. The second-order valence-corrected chi connectivity index (χ2v) is 4.37. The quantitative estimate of drug-likeness (QED) is 0.838. The van der Waals surface area contributed by atoms with Crippen molar-refractivity contribution in [2.75, 3.05) is 13.2 Å². The normalized spacial score (nSPS) is 11.2. The molecule has 1 heterocycles.